The van der Waals surface area contributed by atoms with E-state index in [-0.39, 0.29) is 11.4 Å². The smallest absolute Gasteiger partial charge is 0.294 e. The van der Waals surface area contributed by atoms with E-state index in [0.29, 0.717) is 5.69 Å². The molecule has 1 heterocycles. The summed E-state index contributed by atoms with van der Waals surface area (Å²) in [5.41, 5.74) is 3.33. The molecule has 1 aromatic heterocycles. The Hall–Kier alpha value is -4.08. The SMILES string of the molecule is Cc1cc(=O)c(C(=O)NNC(=O)C(C)Oc2ccc(F)cc2)nn1-c1ccccc1F. The summed E-state index contributed by atoms with van der Waals surface area (Å²) in [6, 6.07) is 11.9. The maximum Gasteiger partial charge on any atom is 0.294 e. The summed E-state index contributed by atoms with van der Waals surface area (Å²) in [4.78, 5) is 36.7. The Kier molecular flexibility index (Phi) is 6.39. The van der Waals surface area contributed by atoms with Gasteiger partial charge in [0.25, 0.3) is 11.8 Å². The second-order valence-electron chi connectivity index (χ2n) is 6.52. The lowest BCUT2D eigenvalue weighted by atomic mass is 10.2. The van der Waals surface area contributed by atoms with Gasteiger partial charge in [-0.15, -0.1) is 0 Å². The summed E-state index contributed by atoms with van der Waals surface area (Å²) in [7, 11) is 0. The number of carbonyl (C=O) groups is 2. The normalized spacial score (nSPS) is 11.5. The molecule has 2 amide bonds. The molecule has 8 nitrogen and oxygen atoms in total. The van der Waals surface area contributed by atoms with Gasteiger partial charge in [0, 0.05) is 11.8 Å². The van der Waals surface area contributed by atoms with E-state index in [9.17, 15) is 23.2 Å². The number of hydrogen-bond acceptors (Lipinski definition) is 5. The topological polar surface area (TPSA) is 102 Å². The lowest BCUT2D eigenvalue weighted by molar-refractivity contribution is -0.128. The molecule has 10 heteroatoms. The van der Waals surface area contributed by atoms with Gasteiger partial charge in [-0.3, -0.25) is 25.2 Å². The van der Waals surface area contributed by atoms with Gasteiger partial charge in [0.2, 0.25) is 5.43 Å². The number of amides is 2. The third-order valence-corrected chi connectivity index (χ3v) is 4.20. The fourth-order valence-corrected chi connectivity index (χ4v) is 2.62. The van der Waals surface area contributed by atoms with E-state index in [1.807, 2.05) is 0 Å². The van der Waals surface area contributed by atoms with Crippen molar-refractivity contribution in [3.05, 3.63) is 87.8 Å². The minimum atomic E-state index is -1.04. The number of para-hydroxylation sites is 1. The van der Waals surface area contributed by atoms with Crippen LogP contribution >= 0.6 is 0 Å². The molecule has 0 radical (unpaired) electrons. The van der Waals surface area contributed by atoms with Gasteiger partial charge in [-0.1, -0.05) is 12.1 Å². The van der Waals surface area contributed by atoms with Gasteiger partial charge < -0.3 is 4.74 Å². The van der Waals surface area contributed by atoms with Crippen molar-refractivity contribution in [3.8, 4) is 11.4 Å². The van der Waals surface area contributed by atoms with Crippen LogP contribution in [0.5, 0.6) is 5.75 Å². The van der Waals surface area contributed by atoms with Gasteiger partial charge >= 0.3 is 0 Å². The Labute approximate surface area is 175 Å². The molecule has 160 valence electrons. The molecule has 1 unspecified atom stereocenters. The van der Waals surface area contributed by atoms with Gasteiger partial charge in [-0.25, -0.2) is 13.5 Å². The van der Waals surface area contributed by atoms with E-state index in [1.54, 1.807) is 13.0 Å². The number of aryl methyl sites for hydroxylation is 1. The van der Waals surface area contributed by atoms with Gasteiger partial charge in [0.1, 0.15) is 23.1 Å². The standard InChI is InChI=1S/C21H18F2N4O4/c1-12-11-18(28)19(26-27(12)17-6-4-3-5-16(17)23)21(30)25-24-20(29)13(2)31-15-9-7-14(22)8-10-15/h3-11,13H,1-2H3,(H,24,29)(H,25,30). The highest BCUT2D eigenvalue weighted by Gasteiger charge is 2.19. The van der Waals surface area contributed by atoms with E-state index in [4.69, 9.17) is 4.74 Å². The summed E-state index contributed by atoms with van der Waals surface area (Å²) >= 11 is 0. The van der Waals surface area contributed by atoms with E-state index in [0.717, 1.165) is 10.7 Å². The monoisotopic (exact) mass is 428 g/mol. The first-order valence-electron chi connectivity index (χ1n) is 9.14. The van der Waals surface area contributed by atoms with Crippen LogP contribution in [-0.2, 0) is 4.79 Å². The highest BCUT2D eigenvalue weighted by molar-refractivity contribution is 5.94. The van der Waals surface area contributed by atoms with Gasteiger partial charge in [0.15, 0.2) is 11.8 Å². The average molecular weight is 428 g/mol. The minimum Gasteiger partial charge on any atom is -0.481 e. The number of carbonyl (C=O) groups excluding carboxylic acids is 2. The summed E-state index contributed by atoms with van der Waals surface area (Å²) in [5, 5.41) is 3.94. The van der Waals surface area contributed by atoms with Crippen molar-refractivity contribution in [1.29, 1.82) is 0 Å². The van der Waals surface area contributed by atoms with Crippen LogP contribution in [-0.4, -0.2) is 27.7 Å². The van der Waals surface area contributed by atoms with Crippen molar-refractivity contribution in [1.82, 2.24) is 20.6 Å². The van der Waals surface area contributed by atoms with Crippen LogP contribution < -0.4 is 21.0 Å². The van der Waals surface area contributed by atoms with Gasteiger partial charge in [-0.05, 0) is 50.2 Å². The first-order chi connectivity index (χ1) is 14.8. The Morgan fingerprint density at radius 1 is 1.06 bits per heavy atom. The maximum atomic E-state index is 14.1. The van der Waals surface area contributed by atoms with E-state index in [2.05, 4.69) is 16.0 Å². The van der Waals surface area contributed by atoms with Crippen LogP contribution in [0.4, 0.5) is 8.78 Å². The molecule has 2 aromatic carbocycles. The molecule has 3 rings (SSSR count). The number of rotatable bonds is 5. The average Bonchev–Trinajstić information content (AvgIpc) is 2.74. The van der Waals surface area contributed by atoms with Crippen molar-refractivity contribution < 1.29 is 23.1 Å². The zero-order chi connectivity index (χ0) is 22.5. The van der Waals surface area contributed by atoms with E-state index < -0.39 is 40.7 Å². The number of benzene rings is 2. The zero-order valence-electron chi connectivity index (χ0n) is 16.6. The second-order valence-corrected chi connectivity index (χ2v) is 6.52. The third-order valence-electron chi connectivity index (χ3n) is 4.20. The Morgan fingerprint density at radius 2 is 1.74 bits per heavy atom. The minimum absolute atomic E-state index is 0.0550. The third kappa shape index (κ3) is 5.10. The molecule has 0 spiro atoms. The number of hydrogen-bond donors (Lipinski definition) is 2. The lowest BCUT2D eigenvalue weighted by Gasteiger charge is -2.15. The van der Waals surface area contributed by atoms with E-state index in [1.165, 1.54) is 49.4 Å². The van der Waals surface area contributed by atoms with E-state index >= 15 is 0 Å². The first kappa shape index (κ1) is 21.6. The van der Waals surface area contributed by atoms with Crippen LogP contribution in [0, 0.1) is 18.6 Å². The van der Waals surface area contributed by atoms with Crippen LogP contribution in [0.25, 0.3) is 5.69 Å². The van der Waals surface area contributed by atoms with Crippen LogP contribution in [0.15, 0.2) is 59.4 Å². The van der Waals surface area contributed by atoms with Crippen molar-refractivity contribution in [2.75, 3.05) is 0 Å². The van der Waals surface area contributed by atoms with Crippen molar-refractivity contribution in [2.24, 2.45) is 0 Å². The fraction of sp³-hybridized carbons (Fsp3) is 0.143. The maximum absolute atomic E-state index is 14.1. The number of nitrogens with one attached hydrogen (secondary N) is 2. The molecular formula is C21H18F2N4O4. The number of aromatic nitrogens is 2. The molecule has 0 fully saturated rings. The molecule has 0 saturated carbocycles. The molecule has 0 saturated heterocycles. The summed E-state index contributed by atoms with van der Waals surface area (Å²) in [5.74, 6) is -2.50. The lowest BCUT2D eigenvalue weighted by Crippen LogP contribution is -2.48. The van der Waals surface area contributed by atoms with Gasteiger partial charge in [0.05, 0.1) is 0 Å². The van der Waals surface area contributed by atoms with Crippen molar-refractivity contribution >= 4 is 11.8 Å². The quantitative estimate of drug-likeness (QED) is 0.606. The molecule has 2 N–H and O–H groups in total. The number of ether oxygens (including phenoxy) is 1. The highest BCUT2D eigenvalue weighted by atomic mass is 19.1. The molecule has 31 heavy (non-hydrogen) atoms. The molecule has 0 aliphatic rings. The molecule has 0 bridgehead atoms. The fourth-order valence-electron chi connectivity index (χ4n) is 2.62. The highest BCUT2D eigenvalue weighted by Crippen LogP contribution is 2.14. The Bertz CT molecular complexity index is 1180. The Morgan fingerprint density at radius 3 is 2.42 bits per heavy atom. The molecule has 0 aliphatic heterocycles. The number of halogens is 2. The molecular weight excluding hydrogens is 410 g/mol. The summed E-state index contributed by atoms with van der Waals surface area (Å²) < 4.78 is 33.5. The molecule has 0 aliphatic carbocycles. The largest absolute Gasteiger partial charge is 0.481 e. The van der Waals surface area contributed by atoms with Crippen molar-refractivity contribution in [2.45, 2.75) is 20.0 Å². The molecule has 1 atom stereocenters. The molecule has 3 aromatic rings. The summed E-state index contributed by atoms with van der Waals surface area (Å²) in [6.07, 6.45) is -1.04. The van der Waals surface area contributed by atoms with Crippen LogP contribution in [0.1, 0.15) is 23.1 Å². The number of nitrogens with zero attached hydrogens (tertiary/aromatic N) is 2. The Balaban J connectivity index is 1.71. The summed E-state index contributed by atoms with van der Waals surface area (Å²) in [6.45, 7) is 2.96. The van der Waals surface area contributed by atoms with Crippen LogP contribution in [0.2, 0.25) is 0 Å². The predicted molar refractivity (Wildman–Crippen MR) is 107 cm³/mol. The number of hydrazine groups is 1. The second kappa shape index (κ2) is 9.16. The first-order valence-corrected chi connectivity index (χ1v) is 9.14. The van der Waals surface area contributed by atoms with Crippen LogP contribution in [0.3, 0.4) is 0 Å². The van der Waals surface area contributed by atoms with Gasteiger partial charge in [-0.2, -0.15) is 5.10 Å². The zero-order valence-corrected chi connectivity index (χ0v) is 16.6. The van der Waals surface area contributed by atoms with Crippen molar-refractivity contribution in [3.63, 3.8) is 0 Å². The predicted octanol–water partition coefficient (Wildman–Crippen LogP) is 2.05.